The Morgan fingerprint density at radius 3 is 2.44 bits per heavy atom. The van der Waals surface area contributed by atoms with Crippen LogP contribution in [0.3, 0.4) is 0 Å². The number of amides is 1. The Labute approximate surface area is 228 Å². The molecule has 0 radical (unpaired) electrons. The summed E-state index contributed by atoms with van der Waals surface area (Å²) in [5, 5.41) is 2.92. The van der Waals surface area contributed by atoms with Crippen molar-refractivity contribution in [1.82, 2.24) is 15.2 Å². The molecule has 0 atom stereocenters. The molecule has 7 nitrogen and oxygen atoms in total. The Kier molecular flexibility index (Phi) is 8.99. The molecule has 0 aliphatic heterocycles. The Bertz CT molecular complexity index is 1380. The number of pyridine rings is 1. The van der Waals surface area contributed by atoms with Crippen molar-refractivity contribution in [2.75, 3.05) is 41.5 Å². The number of hydrogen-bond acceptors (Lipinski definition) is 6. The summed E-state index contributed by atoms with van der Waals surface area (Å²) < 4.78 is 31.6. The lowest BCUT2D eigenvalue weighted by molar-refractivity contribution is -0.120. The highest BCUT2D eigenvalue weighted by Gasteiger charge is 2.26. The molecule has 0 unspecified atom stereocenters. The van der Waals surface area contributed by atoms with E-state index in [9.17, 15) is 9.18 Å². The standard InChI is InChI=1S/C31H34FN3O4/c1-20-25(14-21-15-28(37-4)31(29(16-21)38-5)39-13-12-35(2)3)24-10-9-22(32)17-27(24)26(20)18-30(36)34-19-23-8-6-7-11-33-23/h6-11,14-17H,12-13,18-19H2,1-5H3,(H,34,36). The molecule has 1 aliphatic rings. The van der Waals surface area contributed by atoms with Crippen LogP contribution < -0.4 is 19.5 Å². The highest BCUT2D eigenvalue weighted by molar-refractivity contribution is 6.08. The second kappa shape index (κ2) is 12.6. The SMILES string of the molecule is COc1cc(C=C2C(C)=C(CC(=O)NCc3ccccn3)c3cc(F)ccc32)cc(OC)c1OCCN(C)C. The molecule has 0 spiro atoms. The average Bonchev–Trinajstić information content (AvgIpc) is 3.17. The number of carbonyl (C=O) groups excluding carboxylic acids is 1. The van der Waals surface area contributed by atoms with Crippen LogP contribution in [0.2, 0.25) is 0 Å². The van der Waals surface area contributed by atoms with Gasteiger partial charge in [0, 0.05) is 12.7 Å². The minimum atomic E-state index is -0.350. The van der Waals surface area contributed by atoms with Crippen molar-refractivity contribution in [3.05, 3.63) is 88.5 Å². The number of allylic oxidation sites excluding steroid dienone is 2. The fraction of sp³-hybridized carbons (Fsp3) is 0.290. The lowest BCUT2D eigenvalue weighted by Gasteiger charge is -2.17. The van der Waals surface area contributed by atoms with Gasteiger partial charge in [-0.2, -0.15) is 0 Å². The van der Waals surface area contributed by atoms with E-state index in [2.05, 4.69) is 10.3 Å². The first-order valence-corrected chi connectivity index (χ1v) is 12.7. The van der Waals surface area contributed by atoms with Gasteiger partial charge in [0.15, 0.2) is 11.5 Å². The second-order valence-corrected chi connectivity index (χ2v) is 9.53. The third-order valence-corrected chi connectivity index (χ3v) is 6.56. The molecule has 1 aromatic heterocycles. The zero-order valence-corrected chi connectivity index (χ0v) is 23.0. The molecule has 1 N–H and O–H groups in total. The molecule has 1 aliphatic carbocycles. The van der Waals surface area contributed by atoms with Crippen LogP contribution in [0.5, 0.6) is 17.2 Å². The normalized spacial score (nSPS) is 13.6. The molecule has 2 aromatic carbocycles. The summed E-state index contributed by atoms with van der Waals surface area (Å²) in [4.78, 5) is 19.2. The maximum absolute atomic E-state index is 14.3. The van der Waals surface area contributed by atoms with Crippen LogP contribution in [0.1, 0.15) is 35.7 Å². The zero-order valence-electron chi connectivity index (χ0n) is 23.0. The molecule has 8 heteroatoms. The van der Waals surface area contributed by atoms with Gasteiger partial charge in [0.1, 0.15) is 12.4 Å². The van der Waals surface area contributed by atoms with Crippen LogP contribution >= 0.6 is 0 Å². The monoisotopic (exact) mass is 531 g/mol. The Balaban J connectivity index is 1.65. The summed E-state index contributed by atoms with van der Waals surface area (Å²) in [6, 6.07) is 14.0. The summed E-state index contributed by atoms with van der Waals surface area (Å²) in [5.74, 6) is 1.13. The van der Waals surface area contributed by atoms with Crippen LogP contribution in [0.25, 0.3) is 17.2 Å². The van der Waals surface area contributed by atoms with Crippen molar-refractivity contribution >= 4 is 23.1 Å². The molecule has 0 saturated heterocycles. The van der Waals surface area contributed by atoms with Crippen LogP contribution in [-0.4, -0.2) is 57.3 Å². The largest absolute Gasteiger partial charge is 0.493 e. The van der Waals surface area contributed by atoms with E-state index in [1.54, 1.807) is 26.5 Å². The van der Waals surface area contributed by atoms with Gasteiger partial charge in [-0.15, -0.1) is 0 Å². The van der Waals surface area contributed by atoms with E-state index in [1.807, 2.05) is 62.3 Å². The van der Waals surface area contributed by atoms with Crippen molar-refractivity contribution in [1.29, 1.82) is 0 Å². The van der Waals surface area contributed by atoms with Gasteiger partial charge in [-0.05, 0) is 96.9 Å². The summed E-state index contributed by atoms with van der Waals surface area (Å²) in [6.45, 7) is 3.51. The zero-order chi connectivity index (χ0) is 27.9. The average molecular weight is 532 g/mol. The number of carbonyl (C=O) groups is 1. The number of methoxy groups -OCH3 is 2. The first-order valence-electron chi connectivity index (χ1n) is 12.7. The quantitative estimate of drug-likeness (QED) is 0.366. The fourth-order valence-electron chi connectivity index (χ4n) is 4.52. The van der Waals surface area contributed by atoms with Gasteiger partial charge >= 0.3 is 0 Å². The van der Waals surface area contributed by atoms with Gasteiger partial charge in [0.05, 0.1) is 32.9 Å². The lowest BCUT2D eigenvalue weighted by Crippen LogP contribution is -2.23. The minimum absolute atomic E-state index is 0.123. The molecule has 1 amide bonds. The van der Waals surface area contributed by atoms with E-state index in [0.29, 0.717) is 36.0 Å². The predicted octanol–water partition coefficient (Wildman–Crippen LogP) is 5.21. The van der Waals surface area contributed by atoms with Gasteiger partial charge in [-0.25, -0.2) is 4.39 Å². The number of likely N-dealkylation sites (N-methyl/N-ethyl adjacent to an activating group) is 1. The molecule has 39 heavy (non-hydrogen) atoms. The summed E-state index contributed by atoms with van der Waals surface area (Å²) in [5.41, 5.74) is 5.79. The third kappa shape index (κ3) is 6.64. The van der Waals surface area contributed by atoms with Crippen molar-refractivity contribution in [3.63, 3.8) is 0 Å². The van der Waals surface area contributed by atoms with Crippen LogP contribution in [-0.2, 0) is 11.3 Å². The van der Waals surface area contributed by atoms with Gasteiger partial charge in [0.2, 0.25) is 11.7 Å². The van der Waals surface area contributed by atoms with E-state index >= 15 is 0 Å². The summed E-state index contributed by atoms with van der Waals surface area (Å²) in [7, 11) is 7.13. The second-order valence-electron chi connectivity index (χ2n) is 9.53. The molecule has 0 bridgehead atoms. The Morgan fingerprint density at radius 1 is 1.05 bits per heavy atom. The number of fused-ring (bicyclic) bond motifs is 1. The lowest BCUT2D eigenvalue weighted by atomic mass is 10.00. The first-order chi connectivity index (χ1) is 18.8. The van der Waals surface area contributed by atoms with Gasteiger partial charge in [0.25, 0.3) is 0 Å². The van der Waals surface area contributed by atoms with Crippen molar-refractivity contribution < 1.29 is 23.4 Å². The number of benzene rings is 2. The molecule has 4 rings (SSSR count). The molecule has 204 valence electrons. The van der Waals surface area contributed by atoms with E-state index in [4.69, 9.17) is 14.2 Å². The molecule has 3 aromatic rings. The molecule has 0 fully saturated rings. The smallest absolute Gasteiger partial charge is 0.224 e. The number of rotatable bonds is 11. The molecular weight excluding hydrogens is 497 g/mol. The van der Waals surface area contributed by atoms with Gasteiger partial charge < -0.3 is 24.4 Å². The fourth-order valence-corrected chi connectivity index (χ4v) is 4.52. The van der Waals surface area contributed by atoms with Crippen molar-refractivity contribution in [2.45, 2.75) is 19.9 Å². The van der Waals surface area contributed by atoms with Crippen molar-refractivity contribution in [2.24, 2.45) is 0 Å². The van der Waals surface area contributed by atoms with Gasteiger partial charge in [-0.1, -0.05) is 12.1 Å². The maximum Gasteiger partial charge on any atom is 0.224 e. The summed E-state index contributed by atoms with van der Waals surface area (Å²) in [6.07, 6.45) is 3.81. The summed E-state index contributed by atoms with van der Waals surface area (Å²) >= 11 is 0. The number of halogens is 1. The first kappa shape index (κ1) is 27.9. The van der Waals surface area contributed by atoms with Crippen LogP contribution in [0.4, 0.5) is 4.39 Å². The number of nitrogens with one attached hydrogen (secondary N) is 1. The molecule has 0 saturated carbocycles. The Morgan fingerprint density at radius 2 is 1.79 bits per heavy atom. The minimum Gasteiger partial charge on any atom is -0.493 e. The van der Waals surface area contributed by atoms with Crippen molar-refractivity contribution in [3.8, 4) is 17.2 Å². The van der Waals surface area contributed by atoms with E-state index in [-0.39, 0.29) is 18.1 Å². The van der Waals surface area contributed by atoms with E-state index in [0.717, 1.165) is 40.1 Å². The van der Waals surface area contributed by atoms with E-state index in [1.165, 1.54) is 12.1 Å². The number of ether oxygens (including phenoxy) is 3. The van der Waals surface area contributed by atoms with E-state index < -0.39 is 0 Å². The molecule has 1 heterocycles. The van der Waals surface area contributed by atoms with Gasteiger partial charge in [-0.3, -0.25) is 9.78 Å². The topological polar surface area (TPSA) is 72.9 Å². The highest BCUT2D eigenvalue weighted by atomic mass is 19.1. The number of nitrogens with zero attached hydrogens (tertiary/aromatic N) is 2. The van der Waals surface area contributed by atoms with Crippen LogP contribution in [0.15, 0.2) is 60.3 Å². The number of aromatic nitrogens is 1. The van der Waals surface area contributed by atoms with Crippen LogP contribution in [0, 0.1) is 5.82 Å². The highest BCUT2D eigenvalue weighted by Crippen LogP contribution is 2.45. The predicted molar refractivity (Wildman–Crippen MR) is 151 cm³/mol. The maximum atomic E-state index is 14.3. The Hall–Kier alpha value is -4.17. The number of hydrogen-bond donors (Lipinski definition) is 1. The molecular formula is C31H34FN3O4. The third-order valence-electron chi connectivity index (χ3n) is 6.56.